The summed E-state index contributed by atoms with van der Waals surface area (Å²) in [5, 5.41) is 0. The van der Waals surface area contributed by atoms with Crippen molar-refractivity contribution in [1.82, 2.24) is 0 Å². The van der Waals surface area contributed by atoms with Gasteiger partial charge in [-0.05, 0) is 6.08 Å². The van der Waals surface area contributed by atoms with Crippen LogP contribution >= 0.6 is 0 Å². The summed E-state index contributed by atoms with van der Waals surface area (Å²) in [5.74, 6) is -0.830. The molecule has 0 bridgehead atoms. The molecule has 5 nitrogen and oxygen atoms in total. The summed E-state index contributed by atoms with van der Waals surface area (Å²) >= 11 is 0. The molecule has 17 heavy (non-hydrogen) atoms. The van der Waals surface area contributed by atoms with Crippen LogP contribution in [0, 0.1) is 0 Å². The molecular formula is C11H21ClN2O3. The predicted molar refractivity (Wildman–Crippen MR) is 63.4 cm³/mol. The molecule has 2 N–H and O–H groups in total. The van der Waals surface area contributed by atoms with Crippen LogP contribution in [-0.2, 0) is 14.3 Å². The number of primary amides is 1. The fourth-order valence-electron chi connectivity index (χ4n) is 0.479. The first kappa shape index (κ1) is 21.0. The molecule has 0 aliphatic heterocycles. The summed E-state index contributed by atoms with van der Waals surface area (Å²) in [7, 11) is 6.13. The SMILES string of the molecule is C=CC(=O)OCC[N+](C)(C)C.C=CC(N)=O.[Cl-]. The van der Waals surface area contributed by atoms with Crippen LogP contribution in [-0.4, -0.2) is 50.7 Å². The molecule has 0 fully saturated rings. The highest BCUT2D eigenvalue weighted by Crippen LogP contribution is 1.89. The van der Waals surface area contributed by atoms with Crippen LogP contribution in [0.5, 0.6) is 0 Å². The second-order valence-electron chi connectivity index (χ2n) is 3.99. The van der Waals surface area contributed by atoms with E-state index >= 15 is 0 Å². The lowest BCUT2D eigenvalue weighted by atomic mass is 10.5. The summed E-state index contributed by atoms with van der Waals surface area (Å²) in [5.41, 5.74) is 4.53. The van der Waals surface area contributed by atoms with Gasteiger partial charge in [-0.15, -0.1) is 0 Å². The van der Waals surface area contributed by atoms with Gasteiger partial charge < -0.3 is 27.4 Å². The van der Waals surface area contributed by atoms with Crippen LogP contribution in [0.2, 0.25) is 0 Å². The van der Waals surface area contributed by atoms with Crippen molar-refractivity contribution in [2.75, 3.05) is 34.3 Å². The molecule has 0 heterocycles. The number of hydrogen-bond donors (Lipinski definition) is 1. The number of halogens is 1. The second-order valence-corrected chi connectivity index (χ2v) is 3.99. The maximum Gasteiger partial charge on any atom is 0.330 e. The van der Waals surface area contributed by atoms with Crippen molar-refractivity contribution in [2.24, 2.45) is 5.73 Å². The van der Waals surface area contributed by atoms with Crippen molar-refractivity contribution in [3.8, 4) is 0 Å². The molecule has 6 heteroatoms. The summed E-state index contributed by atoms with van der Waals surface area (Å²) < 4.78 is 5.59. The van der Waals surface area contributed by atoms with Gasteiger partial charge in [0.05, 0.1) is 21.1 Å². The van der Waals surface area contributed by atoms with Crippen LogP contribution in [0.3, 0.4) is 0 Å². The second kappa shape index (κ2) is 11.2. The molecule has 0 saturated carbocycles. The number of amides is 1. The monoisotopic (exact) mass is 264 g/mol. The Morgan fingerprint density at radius 2 is 1.65 bits per heavy atom. The maximum atomic E-state index is 10.6. The van der Waals surface area contributed by atoms with Crippen molar-refractivity contribution in [2.45, 2.75) is 0 Å². The van der Waals surface area contributed by atoms with Crippen LogP contribution < -0.4 is 18.1 Å². The third-order valence-corrected chi connectivity index (χ3v) is 1.37. The van der Waals surface area contributed by atoms with Gasteiger partial charge in [0.1, 0.15) is 13.2 Å². The van der Waals surface area contributed by atoms with Crippen LogP contribution in [0.4, 0.5) is 0 Å². The molecule has 0 radical (unpaired) electrons. The minimum absolute atomic E-state index is 0. The largest absolute Gasteiger partial charge is 1.00 e. The highest BCUT2D eigenvalue weighted by molar-refractivity contribution is 5.85. The average molecular weight is 265 g/mol. The maximum absolute atomic E-state index is 10.6. The van der Waals surface area contributed by atoms with Crippen molar-refractivity contribution >= 4 is 11.9 Å². The number of rotatable bonds is 5. The lowest BCUT2D eigenvalue weighted by molar-refractivity contribution is -0.870. The topological polar surface area (TPSA) is 69.4 Å². The van der Waals surface area contributed by atoms with Crippen molar-refractivity contribution in [1.29, 1.82) is 0 Å². The highest BCUT2D eigenvalue weighted by atomic mass is 35.5. The van der Waals surface area contributed by atoms with E-state index < -0.39 is 5.91 Å². The van der Waals surface area contributed by atoms with E-state index in [0.29, 0.717) is 6.61 Å². The smallest absolute Gasteiger partial charge is 0.330 e. The zero-order chi connectivity index (χ0) is 13.2. The summed E-state index contributed by atoms with van der Waals surface area (Å²) in [4.78, 5) is 20.0. The van der Waals surface area contributed by atoms with Crippen molar-refractivity contribution < 1.29 is 31.2 Å². The number of nitrogens with zero attached hydrogens (tertiary/aromatic N) is 1. The highest BCUT2D eigenvalue weighted by Gasteiger charge is 2.06. The molecular weight excluding hydrogens is 244 g/mol. The fourth-order valence-corrected chi connectivity index (χ4v) is 0.479. The Balaban J connectivity index is -0.000000280. The van der Waals surface area contributed by atoms with Crippen LogP contribution in [0.1, 0.15) is 0 Å². The number of hydrogen-bond acceptors (Lipinski definition) is 3. The number of carbonyl (C=O) groups is 2. The number of ether oxygens (including phenoxy) is 1. The standard InChI is InChI=1S/C8H16NO2.C3H5NO.ClH/c1-5-8(10)11-7-6-9(2,3)4;1-2-3(4)5;/h5H,1,6-7H2,2-4H3;2H,1H2,(H2,4,5);1H/q+1;;/p-1. The average Bonchev–Trinajstić information content (AvgIpc) is 2.16. The van der Waals surface area contributed by atoms with Gasteiger partial charge in [-0.3, -0.25) is 4.79 Å². The first-order valence-electron chi connectivity index (χ1n) is 4.74. The summed E-state index contributed by atoms with van der Waals surface area (Å²) in [6.07, 6.45) is 2.23. The van der Waals surface area contributed by atoms with Crippen molar-refractivity contribution in [3.05, 3.63) is 25.3 Å². The van der Waals surface area contributed by atoms with E-state index in [-0.39, 0.29) is 18.4 Å². The molecule has 0 aromatic carbocycles. The number of quaternary nitrogens is 1. The van der Waals surface area contributed by atoms with E-state index in [1.54, 1.807) is 0 Å². The van der Waals surface area contributed by atoms with Crippen LogP contribution in [0.15, 0.2) is 25.3 Å². The van der Waals surface area contributed by atoms with Gasteiger partial charge in [0, 0.05) is 6.08 Å². The summed E-state index contributed by atoms with van der Waals surface area (Å²) in [6, 6.07) is 0. The zero-order valence-electron chi connectivity index (χ0n) is 10.6. The molecule has 1 amide bonds. The molecule has 0 aromatic heterocycles. The third kappa shape index (κ3) is 25.2. The van der Waals surface area contributed by atoms with Gasteiger partial charge in [0.15, 0.2) is 0 Å². The molecule has 0 spiro atoms. The lowest BCUT2D eigenvalue weighted by Crippen LogP contribution is -3.00. The Morgan fingerprint density at radius 3 is 1.88 bits per heavy atom. The Bertz CT molecular complexity index is 260. The fraction of sp³-hybridized carbons (Fsp3) is 0.455. The predicted octanol–water partition coefficient (Wildman–Crippen LogP) is -2.92. The number of likely N-dealkylation sites (N-methyl/N-ethyl adjacent to an activating group) is 1. The van der Waals surface area contributed by atoms with Crippen LogP contribution in [0.25, 0.3) is 0 Å². The van der Waals surface area contributed by atoms with Gasteiger partial charge in [-0.25, -0.2) is 4.79 Å². The minimum atomic E-state index is -0.481. The Labute approximate surface area is 109 Å². The molecule has 0 aromatic rings. The third-order valence-electron chi connectivity index (χ3n) is 1.37. The van der Waals surface area contributed by atoms with Gasteiger partial charge in [0.25, 0.3) is 0 Å². The van der Waals surface area contributed by atoms with E-state index in [2.05, 4.69) is 18.9 Å². The minimum Gasteiger partial charge on any atom is -1.00 e. The number of esters is 1. The normalized spacial score (nSPS) is 8.88. The van der Waals surface area contributed by atoms with Gasteiger partial charge >= 0.3 is 5.97 Å². The van der Waals surface area contributed by atoms with E-state index in [4.69, 9.17) is 4.74 Å². The molecule has 0 aliphatic rings. The first-order valence-corrected chi connectivity index (χ1v) is 4.74. The summed E-state index contributed by atoms with van der Waals surface area (Å²) in [6.45, 7) is 7.65. The number of carbonyl (C=O) groups excluding carboxylic acids is 2. The molecule has 0 unspecified atom stereocenters. The zero-order valence-corrected chi connectivity index (χ0v) is 11.4. The van der Waals surface area contributed by atoms with E-state index in [1.165, 1.54) is 6.08 Å². The Hall–Kier alpha value is -1.33. The van der Waals surface area contributed by atoms with Gasteiger partial charge in [-0.2, -0.15) is 0 Å². The Kier molecular flexibility index (Phi) is 13.8. The van der Waals surface area contributed by atoms with Gasteiger partial charge in [-0.1, -0.05) is 13.2 Å². The van der Waals surface area contributed by atoms with E-state index in [1.807, 2.05) is 21.1 Å². The number of nitrogens with two attached hydrogens (primary N) is 1. The molecule has 0 aliphatic carbocycles. The van der Waals surface area contributed by atoms with Gasteiger partial charge in [0.2, 0.25) is 5.91 Å². The van der Waals surface area contributed by atoms with Crippen molar-refractivity contribution in [3.63, 3.8) is 0 Å². The van der Waals surface area contributed by atoms with E-state index in [9.17, 15) is 9.59 Å². The Morgan fingerprint density at radius 1 is 1.24 bits per heavy atom. The van der Waals surface area contributed by atoms with E-state index in [0.717, 1.165) is 17.1 Å². The molecule has 100 valence electrons. The molecule has 0 atom stereocenters. The quantitative estimate of drug-likeness (QED) is 0.329. The molecule has 0 rings (SSSR count). The first-order chi connectivity index (χ1) is 7.22. The lowest BCUT2D eigenvalue weighted by Gasteiger charge is -2.23. The molecule has 0 saturated heterocycles.